The lowest BCUT2D eigenvalue weighted by atomic mass is 9.98. The van der Waals surface area contributed by atoms with E-state index in [-0.39, 0.29) is 24.1 Å². The van der Waals surface area contributed by atoms with E-state index in [0.29, 0.717) is 0 Å². The van der Waals surface area contributed by atoms with Gasteiger partial charge in [-0.3, -0.25) is 10.1 Å². The van der Waals surface area contributed by atoms with Gasteiger partial charge in [-0.05, 0) is 29.2 Å². The highest BCUT2D eigenvalue weighted by atomic mass is 16.6. The number of rotatable bonds is 6. The van der Waals surface area contributed by atoms with E-state index >= 15 is 0 Å². The summed E-state index contributed by atoms with van der Waals surface area (Å²) in [5.41, 5.74) is 4.29. The van der Waals surface area contributed by atoms with Gasteiger partial charge in [-0.1, -0.05) is 53.7 Å². The van der Waals surface area contributed by atoms with Crippen LogP contribution in [0.3, 0.4) is 0 Å². The Morgan fingerprint density at radius 3 is 2.31 bits per heavy atom. The number of carboxylic acids is 1. The molecule has 4 rings (SSSR count). The van der Waals surface area contributed by atoms with Gasteiger partial charge in [-0.2, -0.15) is 0 Å². The van der Waals surface area contributed by atoms with Crippen LogP contribution in [-0.4, -0.2) is 52.8 Å². The van der Waals surface area contributed by atoms with Crippen molar-refractivity contribution < 1.29 is 28.8 Å². The molecular formula is C23H21N3O6. The number of likely N-dealkylation sites (N-methyl/N-ethyl adjacent to an activating group) is 1. The Hall–Kier alpha value is -4.14. The minimum Gasteiger partial charge on any atom is -0.480 e. The average molecular weight is 435 g/mol. The maximum atomic E-state index is 12.3. The molecule has 164 valence electrons. The lowest BCUT2D eigenvalue weighted by molar-refractivity contribution is -0.141. The van der Waals surface area contributed by atoms with Gasteiger partial charge in [0.25, 0.3) is 5.91 Å². The number of nitrogens with one attached hydrogen (secondary N) is 1. The molecule has 0 unspecified atom stereocenters. The molecule has 1 aliphatic rings. The summed E-state index contributed by atoms with van der Waals surface area (Å²) in [6.45, 7) is 1.49. The number of anilines is 1. The fraction of sp³-hybridized carbons (Fsp3) is 0.217. The van der Waals surface area contributed by atoms with Gasteiger partial charge in [0, 0.05) is 19.0 Å². The molecule has 0 aliphatic heterocycles. The molecule has 0 bridgehead atoms. The van der Waals surface area contributed by atoms with E-state index in [1.807, 2.05) is 48.5 Å². The number of fused-ring (bicyclic) bond motifs is 3. The quantitative estimate of drug-likeness (QED) is 0.607. The second kappa shape index (κ2) is 8.54. The molecule has 9 nitrogen and oxygen atoms in total. The SMILES string of the molecule is C[C@@H](C(=O)O)N(C)C(=O)c1cc(NC(=O)OCC2c3ccccc3-c3ccccc32)on1. The van der Waals surface area contributed by atoms with Crippen molar-refractivity contribution in [1.82, 2.24) is 10.1 Å². The van der Waals surface area contributed by atoms with Gasteiger partial charge in [0.15, 0.2) is 5.69 Å². The minimum atomic E-state index is -1.15. The van der Waals surface area contributed by atoms with Gasteiger partial charge in [0.05, 0.1) is 0 Å². The van der Waals surface area contributed by atoms with E-state index in [1.54, 1.807) is 0 Å². The number of carboxylic acid groups (broad SMARTS) is 1. The average Bonchev–Trinajstić information content (AvgIpc) is 3.38. The van der Waals surface area contributed by atoms with Crippen molar-refractivity contribution >= 4 is 23.9 Å². The summed E-state index contributed by atoms with van der Waals surface area (Å²) in [6.07, 6.45) is -0.755. The van der Waals surface area contributed by atoms with Crippen LogP contribution in [0.5, 0.6) is 0 Å². The number of ether oxygens (including phenoxy) is 1. The predicted octanol–water partition coefficient (Wildman–Crippen LogP) is 3.58. The maximum Gasteiger partial charge on any atom is 0.414 e. The summed E-state index contributed by atoms with van der Waals surface area (Å²) in [5.74, 6) is -1.97. The fourth-order valence-corrected chi connectivity index (χ4v) is 3.69. The van der Waals surface area contributed by atoms with E-state index < -0.39 is 24.0 Å². The van der Waals surface area contributed by atoms with Gasteiger partial charge < -0.3 is 19.3 Å². The molecule has 1 atom stereocenters. The molecule has 0 saturated carbocycles. The number of aromatic nitrogens is 1. The third-order valence-electron chi connectivity index (χ3n) is 5.56. The minimum absolute atomic E-state index is 0.0815. The van der Waals surface area contributed by atoms with Gasteiger partial charge >= 0.3 is 12.1 Å². The third-order valence-corrected chi connectivity index (χ3v) is 5.56. The number of benzene rings is 2. The highest BCUT2D eigenvalue weighted by Gasteiger charge is 2.29. The first-order valence-corrected chi connectivity index (χ1v) is 9.95. The molecular weight excluding hydrogens is 414 g/mol. The molecule has 2 amide bonds. The Morgan fingerprint density at radius 1 is 1.12 bits per heavy atom. The monoisotopic (exact) mass is 435 g/mol. The molecule has 0 saturated heterocycles. The van der Waals surface area contributed by atoms with E-state index in [9.17, 15) is 14.4 Å². The lowest BCUT2D eigenvalue weighted by Gasteiger charge is -2.19. The Labute approximate surface area is 183 Å². The van der Waals surface area contributed by atoms with Crippen molar-refractivity contribution in [3.63, 3.8) is 0 Å². The van der Waals surface area contributed by atoms with E-state index in [4.69, 9.17) is 14.4 Å². The van der Waals surface area contributed by atoms with Gasteiger partial charge in [0.2, 0.25) is 5.88 Å². The molecule has 0 radical (unpaired) electrons. The van der Waals surface area contributed by atoms with Gasteiger partial charge in [-0.25, -0.2) is 9.59 Å². The van der Waals surface area contributed by atoms with Crippen molar-refractivity contribution in [2.45, 2.75) is 18.9 Å². The maximum absolute atomic E-state index is 12.3. The Kier molecular flexibility index (Phi) is 5.63. The summed E-state index contributed by atoms with van der Waals surface area (Å²) < 4.78 is 10.4. The molecule has 1 heterocycles. The van der Waals surface area contributed by atoms with Crippen LogP contribution in [0.4, 0.5) is 10.7 Å². The molecule has 32 heavy (non-hydrogen) atoms. The van der Waals surface area contributed by atoms with Crippen LogP contribution < -0.4 is 5.32 Å². The topological polar surface area (TPSA) is 122 Å². The van der Waals surface area contributed by atoms with Crippen LogP contribution in [-0.2, 0) is 9.53 Å². The van der Waals surface area contributed by atoms with E-state index in [1.165, 1.54) is 20.0 Å². The Morgan fingerprint density at radius 2 is 1.72 bits per heavy atom. The Balaban J connectivity index is 1.40. The van der Waals surface area contributed by atoms with Gasteiger partial charge in [-0.15, -0.1) is 0 Å². The second-order valence-corrected chi connectivity index (χ2v) is 7.46. The summed E-state index contributed by atoms with van der Waals surface area (Å²) in [4.78, 5) is 36.7. The Bertz CT molecular complexity index is 1140. The summed E-state index contributed by atoms with van der Waals surface area (Å²) in [5, 5.41) is 15.0. The standard InChI is InChI=1S/C23H21N3O6/c1-13(22(28)29)26(2)21(27)19-11-20(32-25-19)24-23(30)31-12-18-16-9-5-3-7-14(16)15-8-4-6-10-17(15)18/h3-11,13,18H,12H2,1-2H3,(H,24,30)(H,28,29)/t13-/m0/s1. The van der Waals surface area contributed by atoms with Crippen LogP contribution in [0.15, 0.2) is 59.1 Å². The summed E-state index contributed by atoms with van der Waals surface area (Å²) in [6, 6.07) is 16.2. The normalized spacial score (nSPS) is 13.1. The number of nitrogens with zero attached hydrogens (tertiary/aromatic N) is 2. The predicted molar refractivity (Wildman–Crippen MR) is 114 cm³/mol. The molecule has 1 aromatic heterocycles. The summed E-state index contributed by atoms with van der Waals surface area (Å²) in [7, 11) is 1.34. The first-order valence-electron chi connectivity index (χ1n) is 9.95. The van der Waals surface area contributed by atoms with Crippen molar-refractivity contribution in [2.24, 2.45) is 0 Å². The zero-order valence-corrected chi connectivity index (χ0v) is 17.4. The zero-order chi connectivity index (χ0) is 22.8. The van der Waals surface area contributed by atoms with Gasteiger partial charge in [0.1, 0.15) is 12.6 Å². The second-order valence-electron chi connectivity index (χ2n) is 7.46. The molecule has 2 aromatic carbocycles. The zero-order valence-electron chi connectivity index (χ0n) is 17.4. The lowest BCUT2D eigenvalue weighted by Crippen LogP contribution is -2.40. The van der Waals surface area contributed by atoms with Crippen LogP contribution in [0, 0.1) is 0 Å². The van der Waals surface area contributed by atoms with Crippen LogP contribution >= 0.6 is 0 Å². The van der Waals surface area contributed by atoms with Crippen molar-refractivity contribution in [1.29, 1.82) is 0 Å². The number of amides is 2. The van der Waals surface area contributed by atoms with Crippen LogP contribution in [0.25, 0.3) is 11.1 Å². The molecule has 2 N–H and O–H groups in total. The molecule has 3 aromatic rings. The number of hydrogen-bond acceptors (Lipinski definition) is 6. The molecule has 0 fully saturated rings. The van der Waals surface area contributed by atoms with Crippen molar-refractivity contribution in [3.05, 3.63) is 71.4 Å². The molecule has 1 aliphatic carbocycles. The highest BCUT2D eigenvalue weighted by Crippen LogP contribution is 2.44. The first kappa shape index (κ1) is 21.1. The third kappa shape index (κ3) is 3.92. The smallest absolute Gasteiger partial charge is 0.414 e. The summed E-state index contributed by atoms with van der Waals surface area (Å²) >= 11 is 0. The number of aliphatic carboxylic acids is 1. The fourth-order valence-electron chi connectivity index (χ4n) is 3.69. The van der Waals surface area contributed by atoms with Crippen molar-refractivity contribution in [3.8, 4) is 11.1 Å². The molecule has 9 heteroatoms. The van der Waals surface area contributed by atoms with Crippen LogP contribution in [0.2, 0.25) is 0 Å². The highest BCUT2D eigenvalue weighted by molar-refractivity contribution is 5.95. The molecule has 0 spiro atoms. The van der Waals surface area contributed by atoms with Crippen LogP contribution in [0.1, 0.15) is 34.5 Å². The van der Waals surface area contributed by atoms with E-state index in [0.717, 1.165) is 27.2 Å². The largest absolute Gasteiger partial charge is 0.480 e. The number of hydrogen-bond donors (Lipinski definition) is 2. The van der Waals surface area contributed by atoms with Crippen molar-refractivity contribution in [2.75, 3.05) is 19.0 Å². The first-order chi connectivity index (χ1) is 15.4. The van der Waals surface area contributed by atoms with E-state index in [2.05, 4.69) is 10.5 Å². The number of carbonyl (C=O) groups excluding carboxylic acids is 2. The number of carbonyl (C=O) groups is 3.